The maximum Gasteiger partial charge on any atom is 0.406 e. The lowest BCUT2D eigenvalue weighted by atomic mass is 9.76. The molecule has 1 saturated carbocycles. The molecule has 48 heavy (non-hydrogen) atoms. The van der Waals surface area contributed by atoms with Crippen molar-refractivity contribution < 1.29 is 31.1 Å². The smallest absolute Gasteiger partial charge is 0.406 e. The van der Waals surface area contributed by atoms with Crippen LogP contribution >= 0.6 is 0 Å². The first-order valence-corrected chi connectivity index (χ1v) is 18.5. The number of anilines is 2. The molecule has 260 valence electrons. The van der Waals surface area contributed by atoms with Crippen molar-refractivity contribution in [3.8, 4) is 17.6 Å². The number of likely N-dealkylation sites (tertiary alicyclic amines) is 1. The SMILES string of the molecule is COc1cc(S(C)(=O)=O)ccc1NCC#Cc1nc2c(NCC3CCC(N4CCC5(CCOC5)CC4)CC3)cccc2n1CC(F)(F)F. The lowest BCUT2D eigenvalue weighted by Gasteiger charge is -2.44. The van der Waals surface area contributed by atoms with Crippen LogP contribution in [0.15, 0.2) is 41.3 Å². The molecule has 0 bridgehead atoms. The van der Waals surface area contributed by atoms with E-state index < -0.39 is 22.6 Å². The van der Waals surface area contributed by atoms with Gasteiger partial charge in [-0.25, -0.2) is 13.4 Å². The van der Waals surface area contributed by atoms with Crippen LogP contribution in [0.2, 0.25) is 0 Å². The largest absolute Gasteiger partial charge is 0.495 e. The van der Waals surface area contributed by atoms with Crippen LogP contribution in [0.5, 0.6) is 5.75 Å². The molecule has 2 aliphatic heterocycles. The normalized spacial score (nSPS) is 21.6. The van der Waals surface area contributed by atoms with Gasteiger partial charge >= 0.3 is 6.18 Å². The molecule has 3 aromatic rings. The Labute approximate surface area is 280 Å². The van der Waals surface area contributed by atoms with Crippen molar-refractivity contribution in [2.24, 2.45) is 11.3 Å². The van der Waals surface area contributed by atoms with E-state index in [1.54, 1.807) is 18.2 Å². The zero-order chi connectivity index (χ0) is 33.9. The summed E-state index contributed by atoms with van der Waals surface area (Å²) in [4.78, 5) is 7.37. The average molecular weight is 688 g/mol. The first-order valence-electron chi connectivity index (χ1n) is 16.7. The van der Waals surface area contributed by atoms with Gasteiger partial charge in [-0.05, 0) is 99.6 Å². The zero-order valence-corrected chi connectivity index (χ0v) is 28.4. The van der Waals surface area contributed by atoms with Crippen LogP contribution in [0, 0.1) is 23.2 Å². The van der Waals surface area contributed by atoms with Crippen LogP contribution in [0.1, 0.15) is 50.8 Å². The second-order valence-corrected chi connectivity index (χ2v) is 15.5. The Bertz CT molecular complexity index is 1760. The van der Waals surface area contributed by atoms with Gasteiger partial charge < -0.3 is 29.6 Å². The van der Waals surface area contributed by atoms with Gasteiger partial charge in [0.1, 0.15) is 17.8 Å². The van der Waals surface area contributed by atoms with E-state index in [1.807, 2.05) is 6.07 Å². The summed E-state index contributed by atoms with van der Waals surface area (Å²) in [6.45, 7) is 3.75. The standard InChI is InChI=1S/C35H44F3N5O4S/c1-46-31-21-27(48(2,44)45)12-13-28(31)39-17-4-7-32-41-33-29(5-3-6-30(33)43(32)23-35(36,37)38)40-22-25-8-10-26(11-9-25)42-18-14-34(15-19-42)16-20-47-24-34/h3,5-6,12-13,21,25-26,39-40H,8-11,14-20,22-24H2,1-2H3. The summed E-state index contributed by atoms with van der Waals surface area (Å²) in [5.41, 5.74) is 2.45. The van der Waals surface area contributed by atoms with Crippen LogP contribution in [0.3, 0.4) is 0 Å². The second kappa shape index (κ2) is 14.2. The summed E-state index contributed by atoms with van der Waals surface area (Å²) >= 11 is 0. The highest BCUT2D eigenvalue weighted by atomic mass is 32.2. The van der Waals surface area contributed by atoms with Gasteiger partial charge in [0.05, 0.1) is 42.0 Å². The Morgan fingerprint density at radius 3 is 2.50 bits per heavy atom. The summed E-state index contributed by atoms with van der Waals surface area (Å²) in [6, 6.07) is 10.3. The number of alkyl halides is 3. The fourth-order valence-corrected chi connectivity index (χ4v) is 8.05. The van der Waals surface area contributed by atoms with Crippen LogP contribution < -0.4 is 15.4 Å². The minimum absolute atomic E-state index is 0.0192. The number of sulfone groups is 1. The Morgan fingerprint density at radius 1 is 1.06 bits per heavy atom. The van der Waals surface area contributed by atoms with Crippen LogP contribution in [0.25, 0.3) is 11.0 Å². The summed E-state index contributed by atoms with van der Waals surface area (Å²) in [5, 5.41) is 6.55. The highest BCUT2D eigenvalue weighted by molar-refractivity contribution is 7.90. The molecule has 1 aliphatic carbocycles. The molecule has 0 atom stereocenters. The van der Waals surface area contributed by atoms with E-state index in [4.69, 9.17) is 9.47 Å². The lowest BCUT2D eigenvalue weighted by molar-refractivity contribution is -0.140. The van der Waals surface area contributed by atoms with Gasteiger partial charge in [-0.15, -0.1) is 0 Å². The number of fused-ring (bicyclic) bond motifs is 1. The minimum atomic E-state index is -4.46. The fourth-order valence-electron chi connectivity index (χ4n) is 7.41. The summed E-state index contributed by atoms with van der Waals surface area (Å²) < 4.78 is 76.9. The molecule has 13 heteroatoms. The first kappa shape index (κ1) is 34.4. The van der Waals surface area contributed by atoms with E-state index in [9.17, 15) is 21.6 Å². The number of halogens is 3. The van der Waals surface area contributed by atoms with Gasteiger partial charge in [0.15, 0.2) is 15.7 Å². The molecule has 2 N–H and O–H groups in total. The molecule has 0 radical (unpaired) electrons. The van der Waals surface area contributed by atoms with E-state index in [-0.39, 0.29) is 17.3 Å². The fraction of sp³-hybridized carbons (Fsp3) is 0.571. The number of rotatable bonds is 9. The predicted octanol–water partition coefficient (Wildman–Crippen LogP) is 5.95. The molecule has 0 unspecified atom stereocenters. The third-order valence-corrected chi connectivity index (χ3v) is 11.4. The first-order chi connectivity index (χ1) is 22.9. The van der Waals surface area contributed by atoms with E-state index in [0.717, 1.165) is 56.5 Å². The van der Waals surface area contributed by atoms with Gasteiger partial charge in [-0.2, -0.15) is 13.2 Å². The molecule has 3 aliphatic rings. The molecular weight excluding hydrogens is 643 g/mol. The van der Waals surface area contributed by atoms with E-state index in [0.29, 0.717) is 45.5 Å². The summed E-state index contributed by atoms with van der Waals surface area (Å²) in [6.07, 6.45) is 4.89. The molecule has 9 nitrogen and oxygen atoms in total. The molecule has 0 amide bonds. The predicted molar refractivity (Wildman–Crippen MR) is 180 cm³/mol. The highest BCUT2D eigenvalue weighted by Crippen LogP contribution is 2.41. The number of nitrogens with zero attached hydrogens (tertiary/aromatic N) is 3. The molecule has 6 rings (SSSR count). The van der Waals surface area contributed by atoms with Crippen LogP contribution in [-0.2, 0) is 21.1 Å². The number of hydrogen-bond acceptors (Lipinski definition) is 8. The van der Waals surface area contributed by atoms with Gasteiger partial charge in [0.2, 0.25) is 0 Å². The van der Waals surface area contributed by atoms with Crippen molar-refractivity contribution in [1.29, 1.82) is 0 Å². The Morgan fingerprint density at radius 2 is 1.83 bits per heavy atom. The summed E-state index contributed by atoms with van der Waals surface area (Å²) in [7, 11) is -2.00. The molecule has 2 aromatic carbocycles. The van der Waals surface area contributed by atoms with Gasteiger partial charge in [-0.3, -0.25) is 0 Å². The van der Waals surface area contributed by atoms with E-state index in [1.165, 1.54) is 51.3 Å². The molecule has 2 saturated heterocycles. The third kappa shape index (κ3) is 8.04. The maximum absolute atomic E-state index is 13.7. The minimum Gasteiger partial charge on any atom is -0.495 e. The van der Waals surface area contributed by atoms with Crippen LogP contribution in [0.4, 0.5) is 24.5 Å². The quantitative estimate of drug-likeness (QED) is 0.267. The van der Waals surface area contributed by atoms with E-state index in [2.05, 4.69) is 32.4 Å². The number of methoxy groups -OCH3 is 1. The Kier molecular flexibility index (Phi) is 10.2. The monoisotopic (exact) mass is 687 g/mol. The van der Waals surface area contributed by atoms with Crippen molar-refractivity contribution in [3.63, 3.8) is 0 Å². The third-order valence-electron chi connectivity index (χ3n) is 10.2. The number of benzene rings is 2. The highest BCUT2D eigenvalue weighted by Gasteiger charge is 2.40. The molecule has 1 aromatic heterocycles. The zero-order valence-electron chi connectivity index (χ0n) is 27.5. The maximum atomic E-state index is 13.7. The number of nitrogens with one attached hydrogen (secondary N) is 2. The van der Waals surface area contributed by atoms with Gasteiger partial charge in [0.25, 0.3) is 0 Å². The lowest BCUT2D eigenvalue weighted by Crippen LogP contribution is -2.47. The molecule has 3 fully saturated rings. The molecular formula is C35H44F3N5O4S. The van der Waals surface area contributed by atoms with Crippen LogP contribution in [-0.4, -0.2) is 87.8 Å². The molecule has 3 heterocycles. The average Bonchev–Trinajstić information content (AvgIpc) is 3.66. The van der Waals surface area contributed by atoms with Gasteiger partial charge in [0, 0.05) is 31.5 Å². The van der Waals surface area contributed by atoms with Crippen molar-refractivity contribution >= 4 is 32.2 Å². The van der Waals surface area contributed by atoms with Crippen molar-refractivity contribution in [2.45, 2.75) is 68.6 Å². The van der Waals surface area contributed by atoms with E-state index >= 15 is 0 Å². The number of imidazole rings is 1. The van der Waals surface area contributed by atoms with Gasteiger partial charge in [-0.1, -0.05) is 12.0 Å². The number of para-hydroxylation sites is 1. The number of piperidine rings is 1. The number of aromatic nitrogens is 2. The number of ether oxygens (including phenoxy) is 2. The molecule has 1 spiro atoms. The summed E-state index contributed by atoms with van der Waals surface area (Å²) in [5.74, 6) is 6.50. The Balaban J connectivity index is 1.10. The van der Waals surface area contributed by atoms with Crippen molar-refractivity contribution in [1.82, 2.24) is 14.5 Å². The second-order valence-electron chi connectivity index (χ2n) is 13.5. The Hall–Kier alpha value is -3.47. The number of hydrogen-bond donors (Lipinski definition) is 2. The topological polar surface area (TPSA) is 97.7 Å². The van der Waals surface area contributed by atoms with Crippen molar-refractivity contribution in [3.05, 3.63) is 42.2 Å². The van der Waals surface area contributed by atoms with Crippen molar-refractivity contribution in [2.75, 3.05) is 63.4 Å².